The third-order valence-electron chi connectivity index (χ3n) is 7.22. The van der Waals surface area contributed by atoms with Crippen molar-refractivity contribution < 1.29 is 41.4 Å². The van der Waals surface area contributed by atoms with E-state index in [0.29, 0.717) is 43.7 Å². The Morgan fingerprint density at radius 2 is 1.61 bits per heavy atom. The lowest BCUT2D eigenvalue weighted by Crippen LogP contribution is -2.47. The van der Waals surface area contributed by atoms with Crippen LogP contribution in [0.25, 0.3) is 0 Å². The molecular weight excluding hydrogens is 508 g/mol. The summed E-state index contributed by atoms with van der Waals surface area (Å²) in [5.41, 5.74) is 0.402. The number of amides is 2. The maximum atomic E-state index is 14.0. The van der Waals surface area contributed by atoms with E-state index in [4.69, 9.17) is 14.2 Å². The van der Waals surface area contributed by atoms with Crippen molar-refractivity contribution in [3.63, 3.8) is 0 Å². The van der Waals surface area contributed by atoms with Crippen LogP contribution in [0.2, 0.25) is 0 Å². The third-order valence-corrected chi connectivity index (χ3v) is 7.22. The van der Waals surface area contributed by atoms with Gasteiger partial charge in [0.25, 0.3) is 5.91 Å². The van der Waals surface area contributed by atoms with Crippen LogP contribution in [-0.2, 0) is 16.1 Å². The standard InChI is InChI=1S/C27H30F4N2O5/c1-36-20-8-6-19(7-9-20)16-37-17-23(27(29,30)31)38-25(35)32-13-10-26(11-14-32)12-15-33(18-26)24(34)21-4-2-3-5-22(21)28/h2-9,23H,10-18H2,1H3/t23-/m1/s1. The number of hydrogen-bond donors (Lipinski definition) is 0. The average molecular weight is 539 g/mol. The minimum Gasteiger partial charge on any atom is -0.497 e. The fourth-order valence-electron chi connectivity index (χ4n) is 4.88. The Hall–Kier alpha value is -3.34. The molecule has 206 valence electrons. The van der Waals surface area contributed by atoms with Crippen molar-refractivity contribution in [3.8, 4) is 5.75 Å². The van der Waals surface area contributed by atoms with Gasteiger partial charge in [-0.1, -0.05) is 24.3 Å². The molecule has 2 heterocycles. The van der Waals surface area contributed by atoms with Gasteiger partial charge in [0.05, 0.1) is 25.9 Å². The lowest BCUT2D eigenvalue weighted by atomic mass is 9.78. The van der Waals surface area contributed by atoms with Crippen molar-refractivity contribution >= 4 is 12.0 Å². The summed E-state index contributed by atoms with van der Waals surface area (Å²) in [4.78, 5) is 28.2. The van der Waals surface area contributed by atoms with Crippen LogP contribution >= 0.6 is 0 Å². The first-order valence-corrected chi connectivity index (χ1v) is 12.4. The van der Waals surface area contributed by atoms with Crippen LogP contribution in [0.3, 0.4) is 0 Å². The van der Waals surface area contributed by atoms with Gasteiger partial charge in [-0.2, -0.15) is 13.2 Å². The van der Waals surface area contributed by atoms with Gasteiger partial charge in [0.2, 0.25) is 6.10 Å². The highest BCUT2D eigenvalue weighted by Gasteiger charge is 2.46. The molecule has 2 aliphatic rings. The smallest absolute Gasteiger partial charge is 0.427 e. The summed E-state index contributed by atoms with van der Waals surface area (Å²) in [7, 11) is 1.51. The molecule has 0 unspecified atom stereocenters. The molecule has 7 nitrogen and oxygen atoms in total. The zero-order valence-electron chi connectivity index (χ0n) is 21.0. The lowest BCUT2D eigenvalue weighted by molar-refractivity contribution is -0.220. The van der Waals surface area contributed by atoms with E-state index in [1.807, 2.05) is 0 Å². The van der Waals surface area contributed by atoms with Crippen LogP contribution in [0.1, 0.15) is 35.2 Å². The Kier molecular flexibility index (Phi) is 8.44. The number of benzene rings is 2. The summed E-state index contributed by atoms with van der Waals surface area (Å²) in [6.45, 7) is 0.372. The second-order valence-electron chi connectivity index (χ2n) is 9.72. The molecule has 2 aromatic carbocycles. The fourth-order valence-corrected chi connectivity index (χ4v) is 4.88. The highest BCUT2D eigenvalue weighted by Crippen LogP contribution is 2.41. The molecule has 2 fully saturated rings. The molecule has 2 saturated heterocycles. The van der Waals surface area contributed by atoms with Crippen molar-refractivity contribution in [3.05, 3.63) is 65.5 Å². The number of likely N-dealkylation sites (tertiary alicyclic amines) is 2. The third kappa shape index (κ3) is 6.56. The van der Waals surface area contributed by atoms with Gasteiger partial charge in [0.1, 0.15) is 11.6 Å². The van der Waals surface area contributed by atoms with E-state index >= 15 is 0 Å². The quantitative estimate of drug-likeness (QED) is 0.462. The van der Waals surface area contributed by atoms with E-state index < -0.39 is 30.8 Å². The molecule has 2 amide bonds. The highest BCUT2D eigenvalue weighted by atomic mass is 19.4. The van der Waals surface area contributed by atoms with Gasteiger partial charge >= 0.3 is 12.3 Å². The van der Waals surface area contributed by atoms with Gasteiger partial charge < -0.3 is 24.0 Å². The van der Waals surface area contributed by atoms with E-state index in [1.54, 1.807) is 35.2 Å². The van der Waals surface area contributed by atoms with Crippen LogP contribution in [-0.4, -0.2) is 74.0 Å². The lowest BCUT2D eigenvalue weighted by Gasteiger charge is -2.39. The number of methoxy groups -OCH3 is 1. The summed E-state index contributed by atoms with van der Waals surface area (Å²) in [6, 6.07) is 12.5. The van der Waals surface area contributed by atoms with E-state index in [0.717, 1.165) is 0 Å². The monoisotopic (exact) mass is 538 g/mol. The zero-order chi connectivity index (χ0) is 27.3. The number of carbonyl (C=O) groups is 2. The number of alkyl halides is 3. The summed E-state index contributed by atoms with van der Waals surface area (Å²) in [5, 5.41) is 0. The van der Waals surface area contributed by atoms with Crippen LogP contribution < -0.4 is 4.74 Å². The largest absolute Gasteiger partial charge is 0.497 e. The number of rotatable bonds is 7. The summed E-state index contributed by atoms with van der Waals surface area (Å²) < 4.78 is 69.7. The van der Waals surface area contributed by atoms with Crippen LogP contribution in [0.15, 0.2) is 48.5 Å². The SMILES string of the molecule is COc1ccc(COC[C@@H](OC(=O)N2CCC3(CC2)CCN(C(=O)c2ccccc2F)C3)C(F)(F)F)cc1. The Labute approximate surface area is 218 Å². The fraction of sp³-hybridized carbons (Fsp3) is 0.481. The first kappa shape index (κ1) is 27.7. The Morgan fingerprint density at radius 1 is 0.974 bits per heavy atom. The molecule has 0 saturated carbocycles. The minimum atomic E-state index is -4.79. The molecule has 0 N–H and O–H groups in total. The van der Waals surface area contributed by atoms with E-state index in [1.165, 1.54) is 30.2 Å². The number of nitrogens with zero attached hydrogens (tertiary/aromatic N) is 2. The molecule has 11 heteroatoms. The van der Waals surface area contributed by atoms with E-state index in [2.05, 4.69) is 0 Å². The molecule has 0 aliphatic carbocycles. The molecule has 0 bridgehead atoms. The minimum absolute atomic E-state index is 0.0120. The van der Waals surface area contributed by atoms with Gasteiger partial charge in [0.15, 0.2) is 0 Å². The van der Waals surface area contributed by atoms with Crippen LogP contribution in [0, 0.1) is 11.2 Å². The van der Waals surface area contributed by atoms with Gasteiger partial charge in [-0.25, -0.2) is 9.18 Å². The molecule has 2 aliphatic heterocycles. The van der Waals surface area contributed by atoms with Crippen molar-refractivity contribution in [1.29, 1.82) is 0 Å². The van der Waals surface area contributed by atoms with Gasteiger partial charge in [-0.15, -0.1) is 0 Å². The predicted octanol–water partition coefficient (Wildman–Crippen LogP) is 5.05. The summed E-state index contributed by atoms with van der Waals surface area (Å²) in [5.74, 6) is -0.353. The van der Waals surface area contributed by atoms with Crippen LogP contribution in [0.4, 0.5) is 22.4 Å². The van der Waals surface area contributed by atoms with Crippen molar-refractivity contribution in [2.75, 3.05) is 39.9 Å². The summed E-state index contributed by atoms with van der Waals surface area (Å²) in [6.07, 6.45) is -6.54. The van der Waals surface area contributed by atoms with Crippen molar-refractivity contribution in [1.82, 2.24) is 9.80 Å². The molecule has 2 aromatic rings. The van der Waals surface area contributed by atoms with E-state index in [-0.39, 0.29) is 36.6 Å². The molecule has 38 heavy (non-hydrogen) atoms. The van der Waals surface area contributed by atoms with Gasteiger partial charge in [-0.3, -0.25) is 4.79 Å². The normalized spacial score (nSPS) is 17.9. The van der Waals surface area contributed by atoms with Crippen molar-refractivity contribution in [2.45, 2.75) is 38.1 Å². The Morgan fingerprint density at radius 3 is 2.21 bits per heavy atom. The second-order valence-corrected chi connectivity index (χ2v) is 9.72. The topological polar surface area (TPSA) is 68.3 Å². The zero-order valence-corrected chi connectivity index (χ0v) is 21.0. The maximum absolute atomic E-state index is 14.0. The maximum Gasteiger partial charge on any atom is 0.427 e. The molecule has 4 rings (SSSR count). The van der Waals surface area contributed by atoms with Crippen LogP contribution in [0.5, 0.6) is 5.75 Å². The van der Waals surface area contributed by atoms with Crippen molar-refractivity contribution in [2.24, 2.45) is 5.41 Å². The van der Waals surface area contributed by atoms with E-state index in [9.17, 15) is 27.2 Å². The number of hydrogen-bond acceptors (Lipinski definition) is 5. The number of piperidine rings is 1. The molecular formula is C27H30F4N2O5. The first-order chi connectivity index (χ1) is 18.1. The number of carbonyl (C=O) groups excluding carboxylic acids is 2. The second kappa shape index (κ2) is 11.6. The predicted molar refractivity (Wildman–Crippen MR) is 129 cm³/mol. The highest BCUT2D eigenvalue weighted by molar-refractivity contribution is 5.94. The first-order valence-electron chi connectivity index (χ1n) is 12.4. The number of ether oxygens (including phenoxy) is 3. The molecule has 0 radical (unpaired) electrons. The molecule has 1 atom stereocenters. The Balaban J connectivity index is 1.27. The summed E-state index contributed by atoms with van der Waals surface area (Å²) >= 11 is 0. The van der Waals surface area contributed by atoms with Gasteiger partial charge in [0, 0.05) is 26.2 Å². The van der Waals surface area contributed by atoms with Gasteiger partial charge in [-0.05, 0) is 54.5 Å². The Bertz CT molecular complexity index is 1120. The molecule has 1 spiro atoms. The molecule has 0 aromatic heterocycles. The average Bonchev–Trinajstić information content (AvgIpc) is 3.31. The number of halogens is 4.